The zero-order valence-electron chi connectivity index (χ0n) is 12.2. The first kappa shape index (κ1) is 17.7. The Bertz CT molecular complexity index is 478. The highest BCUT2D eigenvalue weighted by molar-refractivity contribution is 7.90. The van der Waals surface area contributed by atoms with Crippen molar-refractivity contribution < 1.29 is 27.9 Å². The second-order valence-electron chi connectivity index (χ2n) is 5.11. The Morgan fingerprint density at radius 1 is 1.48 bits per heavy atom. The van der Waals surface area contributed by atoms with Crippen molar-refractivity contribution in [3.8, 4) is 0 Å². The third kappa shape index (κ3) is 6.30. The fraction of sp³-hybridized carbons (Fsp3) is 0.833. The molecule has 1 aliphatic rings. The van der Waals surface area contributed by atoms with Gasteiger partial charge in [0.05, 0.1) is 18.5 Å². The number of carbonyl (C=O) groups is 2. The molecule has 0 bridgehead atoms. The normalized spacial score (nSPS) is 20.9. The third-order valence-corrected chi connectivity index (χ3v) is 4.23. The van der Waals surface area contributed by atoms with Crippen LogP contribution in [0.3, 0.4) is 0 Å². The van der Waals surface area contributed by atoms with E-state index in [1.54, 1.807) is 0 Å². The van der Waals surface area contributed by atoms with Gasteiger partial charge in [-0.1, -0.05) is 6.92 Å². The van der Waals surface area contributed by atoms with Crippen LogP contribution in [0.4, 0.5) is 4.79 Å². The van der Waals surface area contributed by atoms with Crippen LogP contribution >= 0.6 is 0 Å². The summed E-state index contributed by atoms with van der Waals surface area (Å²) >= 11 is 0. The Hall–Kier alpha value is -1.35. The molecule has 0 aliphatic carbocycles. The Morgan fingerprint density at radius 2 is 2.14 bits per heavy atom. The average Bonchev–Trinajstić information content (AvgIpc) is 2.41. The van der Waals surface area contributed by atoms with Gasteiger partial charge in [-0.25, -0.2) is 18.0 Å². The van der Waals surface area contributed by atoms with Crippen molar-refractivity contribution in [2.75, 3.05) is 31.7 Å². The SMILES string of the molecule is CCC1CN(C(=O)NC(CCS(C)(=O)=O)C(=O)O)CCO1. The van der Waals surface area contributed by atoms with Gasteiger partial charge >= 0.3 is 12.0 Å². The van der Waals surface area contributed by atoms with Gasteiger partial charge < -0.3 is 20.1 Å². The number of morpholine rings is 1. The van der Waals surface area contributed by atoms with Gasteiger partial charge in [0.1, 0.15) is 15.9 Å². The monoisotopic (exact) mass is 322 g/mol. The molecule has 122 valence electrons. The zero-order chi connectivity index (χ0) is 16.0. The van der Waals surface area contributed by atoms with Gasteiger partial charge in [-0.05, 0) is 12.8 Å². The number of nitrogens with zero attached hydrogens (tertiary/aromatic N) is 1. The van der Waals surface area contributed by atoms with E-state index in [1.165, 1.54) is 4.90 Å². The number of nitrogens with one attached hydrogen (secondary N) is 1. The van der Waals surface area contributed by atoms with Crippen LogP contribution in [-0.4, -0.2) is 74.3 Å². The molecule has 0 saturated carbocycles. The largest absolute Gasteiger partial charge is 0.480 e. The molecule has 2 atom stereocenters. The van der Waals surface area contributed by atoms with Gasteiger partial charge in [0.2, 0.25) is 0 Å². The summed E-state index contributed by atoms with van der Waals surface area (Å²) in [6, 6.07) is -1.72. The van der Waals surface area contributed by atoms with E-state index < -0.39 is 27.9 Å². The molecule has 1 fully saturated rings. The lowest BCUT2D eigenvalue weighted by Gasteiger charge is -2.33. The second kappa shape index (κ2) is 7.60. The molecule has 2 unspecified atom stereocenters. The molecule has 2 N–H and O–H groups in total. The van der Waals surface area contributed by atoms with Gasteiger partial charge in [0, 0.05) is 19.3 Å². The molecule has 1 rings (SSSR count). The summed E-state index contributed by atoms with van der Waals surface area (Å²) < 4.78 is 27.6. The topological polar surface area (TPSA) is 113 Å². The number of sulfone groups is 1. The number of carboxylic acids is 1. The predicted octanol–water partition coefficient (Wildman–Crippen LogP) is -0.305. The maximum absolute atomic E-state index is 12.0. The molecule has 0 radical (unpaired) electrons. The average molecular weight is 322 g/mol. The first-order valence-corrected chi connectivity index (χ1v) is 8.86. The van der Waals surface area contributed by atoms with Crippen molar-refractivity contribution in [3.05, 3.63) is 0 Å². The minimum atomic E-state index is -3.27. The number of carboxylic acid groups (broad SMARTS) is 1. The van der Waals surface area contributed by atoms with Crippen molar-refractivity contribution in [3.63, 3.8) is 0 Å². The molecule has 0 spiro atoms. The molecule has 0 aromatic heterocycles. The summed E-state index contributed by atoms with van der Waals surface area (Å²) in [6.07, 6.45) is 1.59. The van der Waals surface area contributed by atoms with E-state index >= 15 is 0 Å². The van der Waals surface area contributed by atoms with Gasteiger partial charge in [0.25, 0.3) is 0 Å². The predicted molar refractivity (Wildman–Crippen MR) is 75.9 cm³/mol. The first-order valence-electron chi connectivity index (χ1n) is 6.80. The van der Waals surface area contributed by atoms with Crippen molar-refractivity contribution in [2.45, 2.75) is 31.9 Å². The summed E-state index contributed by atoms with van der Waals surface area (Å²) in [5.41, 5.74) is 0. The molecule has 1 saturated heterocycles. The van der Waals surface area contributed by atoms with Gasteiger partial charge in [-0.3, -0.25) is 0 Å². The van der Waals surface area contributed by atoms with Crippen LogP contribution in [0.5, 0.6) is 0 Å². The van der Waals surface area contributed by atoms with Crippen molar-refractivity contribution in [1.29, 1.82) is 0 Å². The second-order valence-corrected chi connectivity index (χ2v) is 7.37. The third-order valence-electron chi connectivity index (χ3n) is 3.25. The van der Waals surface area contributed by atoms with E-state index in [1.807, 2.05) is 6.92 Å². The zero-order valence-corrected chi connectivity index (χ0v) is 13.1. The number of ether oxygens (including phenoxy) is 1. The number of carbonyl (C=O) groups excluding carboxylic acids is 1. The lowest BCUT2D eigenvalue weighted by atomic mass is 10.2. The lowest BCUT2D eigenvalue weighted by molar-refractivity contribution is -0.139. The van der Waals surface area contributed by atoms with Crippen molar-refractivity contribution in [2.24, 2.45) is 0 Å². The number of aliphatic carboxylic acids is 1. The quantitative estimate of drug-likeness (QED) is 0.694. The number of urea groups is 1. The summed E-state index contributed by atoms with van der Waals surface area (Å²) in [5, 5.41) is 11.4. The summed E-state index contributed by atoms with van der Waals surface area (Å²) in [5.74, 6) is -1.53. The standard InChI is InChI=1S/C12H22N2O6S/c1-3-9-8-14(5-6-20-9)12(17)13-10(11(15)16)4-7-21(2,18)19/h9-10H,3-8H2,1-2H3,(H,13,17)(H,15,16). The van der Waals surface area contributed by atoms with Gasteiger partial charge in [-0.15, -0.1) is 0 Å². The smallest absolute Gasteiger partial charge is 0.326 e. The number of amides is 2. The maximum atomic E-state index is 12.0. The van der Waals surface area contributed by atoms with E-state index in [0.29, 0.717) is 19.7 Å². The summed E-state index contributed by atoms with van der Waals surface area (Å²) in [7, 11) is -3.27. The van der Waals surface area contributed by atoms with E-state index in [4.69, 9.17) is 9.84 Å². The Kier molecular flexibility index (Phi) is 6.41. The first-order chi connectivity index (χ1) is 9.73. The highest BCUT2D eigenvalue weighted by atomic mass is 32.2. The molecule has 8 nitrogen and oxygen atoms in total. The van der Waals surface area contributed by atoms with Crippen LogP contribution in [-0.2, 0) is 19.4 Å². The highest BCUT2D eigenvalue weighted by Gasteiger charge is 2.27. The molecule has 21 heavy (non-hydrogen) atoms. The molecular formula is C12H22N2O6S. The van der Waals surface area contributed by atoms with E-state index in [0.717, 1.165) is 12.7 Å². The fourth-order valence-electron chi connectivity index (χ4n) is 1.98. The van der Waals surface area contributed by atoms with Crippen molar-refractivity contribution in [1.82, 2.24) is 10.2 Å². The Balaban J connectivity index is 2.57. The number of rotatable bonds is 6. The molecular weight excluding hydrogens is 300 g/mol. The summed E-state index contributed by atoms with van der Waals surface area (Å²) in [4.78, 5) is 24.6. The van der Waals surface area contributed by atoms with Crippen LogP contribution in [0.1, 0.15) is 19.8 Å². The minimum Gasteiger partial charge on any atom is -0.480 e. The Morgan fingerprint density at radius 3 is 2.67 bits per heavy atom. The highest BCUT2D eigenvalue weighted by Crippen LogP contribution is 2.09. The fourth-order valence-corrected chi connectivity index (χ4v) is 2.64. The molecule has 1 heterocycles. The van der Waals surface area contributed by atoms with Gasteiger partial charge in [-0.2, -0.15) is 0 Å². The lowest BCUT2D eigenvalue weighted by Crippen LogP contribution is -2.53. The van der Waals surface area contributed by atoms with Crippen molar-refractivity contribution >= 4 is 21.8 Å². The summed E-state index contributed by atoms with van der Waals surface area (Å²) in [6.45, 7) is 3.15. The molecule has 2 amide bonds. The van der Waals surface area contributed by atoms with Crippen LogP contribution in [0.2, 0.25) is 0 Å². The Labute approximate surface area is 124 Å². The van der Waals surface area contributed by atoms with E-state index in [-0.39, 0.29) is 18.3 Å². The van der Waals surface area contributed by atoms with Gasteiger partial charge in [0.15, 0.2) is 0 Å². The van der Waals surface area contributed by atoms with Crippen LogP contribution in [0.15, 0.2) is 0 Å². The van der Waals surface area contributed by atoms with Crippen LogP contribution in [0, 0.1) is 0 Å². The van der Waals surface area contributed by atoms with Crippen LogP contribution in [0.25, 0.3) is 0 Å². The number of hydrogen-bond donors (Lipinski definition) is 2. The molecule has 0 aromatic rings. The van der Waals surface area contributed by atoms with E-state index in [2.05, 4.69) is 5.32 Å². The molecule has 1 aliphatic heterocycles. The van der Waals surface area contributed by atoms with Crippen LogP contribution < -0.4 is 5.32 Å². The minimum absolute atomic E-state index is 0.0520. The molecule has 9 heteroatoms. The molecule has 0 aromatic carbocycles. The number of hydrogen-bond acceptors (Lipinski definition) is 5. The maximum Gasteiger partial charge on any atom is 0.326 e. The van der Waals surface area contributed by atoms with E-state index in [9.17, 15) is 18.0 Å².